The molecule has 2 saturated heterocycles. The Kier molecular flexibility index (Phi) is 9.26. The monoisotopic (exact) mass is 479 g/mol. The molecular weight excluding hydrogens is 437 g/mol. The molecule has 0 aromatic heterocycles. The number of rotatable bonds is 6. The largest absolute Gasteiger partial charge is 0.478 e. The predicted molar refractivity (Wildman–Crippen MR) is 129 cm³/mol. The van der Waals surface area contributed by atoms with Crippen LogP contribution in [0.2, 0.25) is 0 Å². The summed E-state index contributed by atoms with van der Waals surface area (Å²) in [4.78, 5) is 41.0. The van der Waals surface area contributed by atoms with E-state index in [0.717, 1.165) is 44.9 Å². The lowest BCUT2D eigenvalue weighted by molar-refractivity contribution is -0.142. The van der Waals surface area contributed by atoms with Crippen molar-refractivity contribution in [3.05, 3.63) is 0 Å². The second kappa shape index (κ2) is 11.8. The molecule has 1 saturated carbocycles. The van der Waals surface area contributed by atoms with Crippen molar-refractivity contribution in [1.29, 1.82) is 0 Å². The molecule has 1 aliphatic carbocycles. The number of nitrogens with one attached hydrogen (secondary N) is 2. The number of carbonyl (C=O) groups excluding carboxylic acids is 3. The first-order chi connectivity index (χ1) is 16.1. The maximum absolute atomic E-state index is 13.6. The van der Waals surface area contributed by atoms with Crippen LogP contribution in [0.5, 0.6) is 0 Å². The fourth-order valence-corrected chi connectivity index (χ4v) is 5.40. The van der Waals surface area contributed by atoms with Gasteiger partial charge in [-0.2, -0.15) is 0 Å². The molecule has 1 unspecified atom stereocenters. The van der Waals surface area contributed by atoms with E-state index < -0.39 is 36.7 Å². The Morgan fingerprint density at radius 3 is 2.47 bits per heavy atom. The van der Waals surface area contributed by atoms with Crippen molar-refractivity contribution in [1.82, 2.24) is 15.5 Å². The number of amides is 3. The van der Waals surface area contributed by atoms with E-state index in [2.05, 4.69) is 10.6 Å². The highest BCUT2D eigenvalue weighted by Crippen LogP contribution is 2.28. The second-order valence-electron chi connectivity index (χ2n) is 11.1. The molecule has 0 bridgehead atoms. The first-order valence-electron chi connectivity index (χ1n) is 13.0. The van der Waals surface area contributed by atoms with E-state index in [4.69, 9.17) is 9.39 Å². The van der Waals surface area contributed by atoms with E-state index in [1.165, 1.54) is 0 Å². The average Bonchev–Trinajstić information content (AvgIpc) is 3.44. The van der Waals surface area contributed by atoms with Gasteiger partial charge in [-0.05, 0) is 62.7 Å². The summed E-state index contributed by atoms with van der Waals surface area (Å²) in [6, 6.07) is -1.46. The van der Waals surface area contributed by atoms with Crippen molar-refractivity contribution in [2.75, 3.05) is 13.2 Å². The van der Waals surface area contributed by atoms with Gasteiger partial charge in [-0.3, -0.25) is 9.59 Å². The maximum atomic E-state index is 13.6. The number of hydrogen-bond acceptors (Lipinski definition) is 6. The van der Waals surface area contributed by atoms with E-state index in [1.54, 1.807) is 4.90 Å². The van der Waals surface area contributed by atoms with Gasteiger partial charge < -0.3 is 29.9 Å². The Hall–Kier alpha value is -1.81. The lowest BCUT2D eigenvalue weighted by atomic mass is 9.69. The van der Waals surface area contributed by atoms with Crippen molar-refractivity contribution >= 4 is 25.0 Å². The average molecular weight is 479 g/mol. The molecular formula is C24H42BN3O6. The maximum Gasteiger partial charge on any atom is 0.478 e. The summed E-state index contributed by atoms with van der Waals surface area (Å²) in [5, 5.41) is 16.2. The zero-order valence-corrected chi connectivity index (χ0v) is 21.2. The quantitative estimate of drug-likeness (QED) is 0.504. The molecule has 4 atom stereocenters. The number of nitrogens with zero attached hydrogens (tertiary/aromatic N) is 1. The minimum Gasteiger partial charge on any atom is -0.446 e. The van der Waals surface area contributed by atoms with Gasteiger partial charge in [0, 0.05) is 13.2 Å². The van der Waals surface area contributed by atoms with Gasteiger partial charge in [-0.25, -0.2) is 4.79 Å². The Balaban J connectivity index is 1.68. The highest BCUT2D eigenvalue weighted by Gasteiger charge is 2.44. The fourth-order valence-electron chi connectivity index (χ4n) is 5.40. The van der Waals surface area contributed by atoms with Gasteiger partial charge in [0.15, 0.2) is 0 Å². The lowest BCUT2D eigenvalue weighted by Gasteiger charge is -2.36. The first-order valence-corrected chi connectivity index (χ1v) is 13.0. The molecule has 3 N–H and O–H groups in total. The lowest BCUT2D eigenvalue weighted by Crippen LogP contribution is -2.60. The Morgan fingerprint density at radius 2 is 1.82 bits per heavy atom. The fraction of sp³-hybridized carbons (Fsp3) is 0.875. The van der Waals surface area contributed by atoms with Gasteiger partial charge in [-0.1, -0.05) is 34.1 Å². The first kappa shape index (κ1) is 26.8. The third kappa shape index (κ3) is 6.65. The Labute approximate surface area is 203 Å². The molecule has 3 amide bonds. The van der Waals surface area contributed by atoms with Gasteiger partial charge in [-0.15, -0.1) is 0 Å². The van der Waals surface area contributed by atoms with E-state index in [9.17, 15) is 19.4 Å². The molecule has 2 heterocycles. The molecule has 192 valence electrons. The molecule has 0 radical (unpaired) electrons. The zero-order valence-electron chi connectivity index (χ0n) is 21.2. The highest BCUT2D eigenvalue weighted by atomic mass is 16.6. The van der Waals surface area contributed by atoms with Crippen LogP contribution in [-0.4, -0.2) is 72.2 Å². The predicted octanol–water partition coefficient (Wildman–Crippen LogP) is 2.40. The van der Waals surface area contributed by atoms with Crippen LogP contribution >= 0.6 is 0 Å². The minimum absolute atomic E-state index is 0.0965. The van der Waals surface area contributed by atoms with E-state index in [-0.39, 0.29) is 23.8 Å². The SMILES string of the molecule is CCC1CCCOB(O)[C@H]1NC(=O)[C@@H]1CCCN1C(=O)[C@@H](NC(=O)OC1CCCC1)C(C)(C)C. The van der Waals surface area contributed by atoms with Crippen LogP contribution < -0.4 is 10.6 Å². The topological polar surface area (TPSA) is 117 Å². The Morgan fingerprint density at radius 1 is 1.12 bits per heavy atom. The zero-order chi connectivity index (χ0) is 24.9. The third-order valence-corrected chi connectivity index (χ3v) is 7.45. The summed E-state index contributed by atoms with van der Waals surface area (Å²) in [6.07, 6.45) is 6.89. The summed E-state index contributed by atoms with van der Waals surface area (Å²) >= 11 is 0. The molecule has 10 heteroatoms. The summed E-state index contributed by atoms with van der Waals surface area (Å²) in [5.74, 6) is -0.949. The molecule has 34 heavy (non-hydrogen) atoms. The van der Waals surface area contributed by atoms with Crippen molar-refractivity contribution in [3.63, 3.8) is 0 Å². The van der Waals surface area contributed by atoms with Gasteiger partial charge >= 0.3 is 13.2 Å². The third-order valence-electron chi connectivity index (χ3n) is 7.45. The van der Waals surface area contributed by atoms with Crippen LogP contribution in [0.1, 0.15) is 85.5 Å². The normalized spacial score (nSPS) is 27.3. The van der Waals surface area contributed by atoms with Gasteiger partial charge in [0.05, 0.1) is 5.94 Å². The van der Waals surface area contributed by atoms with Gasteiger partial charge in [0.1, 0.15) is 18.2 Å². The van der Waals surface area contributed by atoms with Crippen LogP contribution in [-0.2, 0) is 19.0 Å². The molecule has 2 aliphatic heterocycles. The van der Waals surface area contributed by atoms with Crippen LogP contribution in [0.15, 0.2) is 0 Å². The summed E-state index contributed by atoms with van der Waals surface area (Å²) in [7, 11) is -1.06. The van der Waals surface area contributed by atoms with Crippen molar-refractivity contribution in [2.24, 2.45) is 11.3 Å². The standard InChI is InChI=1S/C24H42BN3O6/c1-5-16-10-9-15-33-25(32)20(16)27-21(29)18-13-8-14-28(18)22(30)19(24(2,3)4)26-23(31)34-17-11-6-7-12-17/h16-20,32H,5-15H2,1-4H3,(H,26,31)(H,27,29)/t16?,18-,19+,20-/m0/s1. The van der Waals surface area contributed by atoms with Crippen molar-refractivity contribution in [2.45, 2.75) is 110 Å². The molecule has 3 aliphatic rings. The second-order valence-corrected chi connectivity index (χ2v) is 11.1. The van der Waals surface area contributed by atoms with Gasteiger partial charge in [0.2, 0.25) is 11.8 Å². The number of likely N-dealkylation sites (tertiary alicyclic amines) is 1. The van der Waals surface area contributed by atoms with Crippen LogP contribution in [0, 0.1) is 11.3 Å². The number of hydrogen-bond donors (Lipinski definition) is 3. The molecule has 9 nitrogen and oxygen atoms in total. The van der Waals surface area contributed by atoms with E-state index in [1.807, 2.05) is 27.7 Å². The van der Waals surface area contributed by atoms with E-state index in [0.29, 0.717) is 26.0 Å². The van der Waals surface area contributed by atoms with Gasteiger partial charge in [0.25, 0.3) is 0 Å². The number of ether oxygens (including phenoxy) is 1. The summed E-state index contributed by atoms with van der Waals surface area (Å²) < 4.78 is 11.0. The molecule has 0 aromatic rings. The van der Waals surface area contributed by atoms with Crippen molar-refractivity contribution < 1.29 is 28.8 Å². The summed E-state index contributed by atoms with van der Waals surface area (Å²) in [5.41, 5.74) is -0.561. The van der Waals surface area contributed by atoms with Crippen LogP contribution in [0.25, 0.3) is 0 Å². The number of alkyl carbamates (subject to hydrolysis) is 1. The van der Waals surface area contributed by atoms with Crippen LogP contribution in [0.3, 0.4) is 0 Å². The van der Waals surface area contributed by atoms with E-state index >= 15 is 0 Å². The Bertz CT molecular complexity index is 724. The highest BCUT2D eigenvalue weighted by molar-refractivity contribution is 6.45. The smallest absolute Gasteiger partial charge is 0.446 e. The molecule has 0 aromatic carbocycles. The van der Waals surface area contributed by atoms with Crippen molar-refractivity contribution in [3.8, 4) is 0 Å². The minimum atomic E-state index is -1.06. The molecule has 0 spiro atoms. The molecule has 3 fully saturated rings. The summed E-state index contributed by atoms with van der Waals surface area (Å²) in [6.45, 7) is 8.63. The molecule has 3 rings (SSSR count). The van der Waals surface area contributed by atoms with Crippen LogP contribution in [0.4, 0.5) is 4.79 Å². The number of carbonyl (C=O) groups is 3.